The Hall–Kier alpha value is -3.87. The van der Waals surface area contributed by atoms with Gasteiger partial charge in [0.15, 0.2) is 11.0 Å². The second-order valence-corrected chi connectivity index (χ2v) is 10.9. The molecule has 42 heavy (non-hydrogen) atoms. The number of aliphatic hydroxyl groups is 1. The number of aryl methyl sites for hydroxylation is 3. The van der Waals surface area contributed by atoms with Crippen molar-refractivity contribution in [1.82, 2.24) is 20.1 Å². The van der Waals surface area contributed by atoms with Crippen molar-refractivity contribution in [2.75, 3.05) is 23.7 Å². The van der Waals surface area contributed by atoms with Crippen molar-refractivity contribution in [2.45, 2.75) is 39.4 Å². The Morgan fingerprint density at radius 1 is 1.05 bits per heavy atom. The maximum atomic E-state index is 12.4. The molecule has 220 valence electrons. The Balaban J connectivity index is 1.11. The second kappa shape index (κ2) is 13.0. The quantitative estimate of drug-likeness (QED) is 0.175. The monoisotopic (exact) mass is 596 g/mol. The molecule has 1 aliphatic rings. The number of alkyl halides is 3. The number of amidine groups is 1. The molecule has 0 radical (unpaired) electrons. The fraction of sp³-hybridized carbons (Fsp3) is 0.300. The second-order valence-electron chi connectivity index (χ2n) is 9.83. The van der Waals surface area contributed by atoms with Crippen molar-refractivity contribution in [3.05, 3.63) is 89.7 Å². The molecule has 0 saturated carbocycles. The summed E-state index contributed by atoms with van der Waals surface area (Å²) in [6, 6.07) is 19.5. The minimum atomic E-state index is -4.74. The lowest BCUT2D eigenvalue weighted by atomic mass is 10.1. The molecule has 1 saturated heterocycles. The number of halogens is 3. The van der Waals surface area contributed by atoms with Gasteiger partial charge in [0.25, 0.3) is 0 Å². The lowest BCUT2D eigenvalue weighted by Gasteiger charge is -2.23. The Morgan fingerprint density at radius 3 is 2.45 bits per heavy atom. The molecule has 5 rings (SSSR count). The third-order valence-electron chi connectivity index (χ3n) is 6.73. The summed E-state index contributed by atoms with van der Waals surface area (Å²) >= 11 is 1.65. The maximum absolute atomic E-state index is 12.4. The van der Waals surface area contributed by atoms with Crippen LogP contribution in [-0.4, -0.2) is 56.6 Å². The van der Waals surface area contributed by atoms with Gasteiger partial charge in [-0.25, -0.2) is 14.7 Å². The Labute approximate surface area is 246 Å². The molecule has 1 aliphatic heterocycles. The number of para-hydroxylation sites is 1. The molecular weight excluding hydrogens is 565 g/mol. The van der Waals surface area contributed by atoms with Crippen LogP contribution in [0.3, 0.4) is 0 Å². The Bertz CT molecular complexity index is 1500. The first-order valence-electron chi connectivity index (χ1n) is 13.5. The highest BCUT2D eigenvalue weighted by molar-refractivity contribution is 8.14. The van der Waals surface area contributed by atoms with Crippen molar-refractivity contribution >= 4 is 22.6 Å². The molecule has 1 fully saturated rings. The number of anilines is 1. The van der Waals surface area contributed by atoms with Gasteiger partial charge < -0.3 is 14.7 Å². The van der Waals surface area contributed by atoms with E-state index in [0.29, 0.717) is 18.1 Å². The van der Waals surface area contributed by atoms with Crippen LogP contribution >= 0.6 is 11.8 Å². The number of hydrogen-bond acceptors (Lipinski definition) is 7. The van der Waals surface area contributed by atoms with Crippen molar-refractivity contribution in [2.24, 2.45) is 4.99 Å². The summed E-state index contributed by atoms with van der Waals surface area (Å²) in [6.07, 6.45) is -2.58. The molecule has 1 unspecified atom stereocenters. The number of ether oxygens (including phenoxy) is 1. The van der Waals surface area contributed by atoms with E-state index in [1.807, 2.05) is 24.3 Å². The summed E-state index contributed by atoms with van der Waals surface area (Å²) in [5, 5.41) is 18.9. The summed E-state index contributed by atoms with van der Waals surface area (Å²) in [4.78, 5) is 11.0. The largest absolute Gasteiger partial charge is 0.573 e. The van der Waals surface area contributed by atoms with Gasteiger partial charge in [-0.05, 0) is 74.2 Å². The maximum Gasteiger partial charge on any atom is 0.573 e. The Morgan fingerprint density at radius 2 is 1.76 bits per heavy atom. The first-order chi connectivity index (χ1) is 20.2. The number of nitrogens with one attached hydrogen (secondary N) is 1. The number of aliphatic imine (C=N–C) groups is 1. The number of aromatic nitrogens is 3. The van der Waals surface area contributed by atoms with Gasteiger partial charge in [0.05, 0.1) is 5.69 Å². The number of nitrogens with zero attached hydrogens (tertiary/aromatic N) is 5. The van der Waals surface area contributed by atoms with Gasteiger partial charge in [-0.2, -0.15) is 0 Å². The molecule has 4 aromatic rings. The van der Waals surface area contributed by atoms with E-state index in [0.717, 1.165) is 47.1 Å². The summed E-state index contributed by atoms with van der Waals surface area (Å²) in [5.41, 5.74) is 6.05. The predicted octanol–water partition coefficient (Wildman–Crippen LogP) is 5.86. The van der Waals surface area contributed by atoms with Crippen LogP contribution in [0.2, 0.25) is 0 Å². The van der Waals surface area contributed by atoms with E-state index >= 15 is 0 Å². The van der Waals surface area contributed by atoms with Crippen LogP contribution in [0, 0.1) is 13.8 Å². The summed E-state index contributed by atoms with van der Waals surface area (Å²) in [6.45, 7) is 5.65. The minimum absolute atomic E-state index is 0.298. The first-order valence-corrected chi connectivity index (χ1v) is 14.5. The molecular formula is C30H31F3N6O2S. The van der Waals surface area contributed by atoms with Gasteiger partial charge in [-0.15, -0.1) is 18.3 Å². The third-order valence-corrected chi connectivity index (χ3v) is 7.70. The van der Waals surface area contributed by atoms with Crippen molar-refractivity contribution in [3.63, 3.8) is 0 Å². The summed E-state index contributed by atoms with van der Waals surface area (Å²) < 4.78 is 42.5. The normalized spacial score (nSPS) is 15.4. The van der Waals surface area contributed by atoms with Crippen LogP contribution in [0.25, 0.3) is 17.1 Å². The van der Waals surface area contributed by atoms with Gasteiger partial charge in [0.1, 0.15) is 12.1 Å². The van der Waals surface area contributed by atoms with Crippen molar-refractivity contribution in [3.8, 4) is 22.8 Å². The zero-order chi connectivity index (χ0) is 29.7. The van der Waals surface area contributed by atoms with Crippen molar-refractivity contribution < 1.29 is 23.0 Å². The topological polar surface area (TPSA) is 87.8 Å². The molecule has 0 spiro atoms. The summed E-state index contributed by atoms with van der Waals surface area (Å²) in [5.74, 6) is 1.13. The average molecular weight is 597 g/mol. The minimum Gasteiger partial charge on any atom is -0.406 e. The SMILES string of the molecule is Cc1cccc(C)c1N1CCSC1=NC(O)NCCCc1ccc(-c2ncn(-c3ccc(OC(F)(F)F)cc3)n2)cc1. The molecule has 8 nitrogen and oxygen atoms in total. The summed E-state index contributed by atoms with van der Waals surface area (Å²) in [7, 11) is 0. The molecule has 2 N–H and O–H groups in total. The number of rotatable bonds is 10. The number of thioether (sulfide) groups is 1. The highest BCUT2D eigenvalue weighted by Crippen LogP contribution is 2.31. The fourth-order valence-corrected chi connectivity index (χ4v) is 5.73. The molecule has 3 aromatic carbocycles. The number of hydrogen-bond donors (Lipinski definition) is 2. The highest BCUT2D eigenvalue weighted by Gasteiger charge is 2.31. The third kappa shape index (κ3) is 7.50. The molecule has 0 bridgehead atoms. The van der Waals surface area contributed by atoms with E-state index in [1.54, 1.807) is 11.8 Å². The van der Waals surface area contributed by atoms with E-state index in [2.05, 4.69) is 62.1 Å². The van der Waals surface area contributed by atoms with Crippen LogP contribution in [-0.2, 0) is 6.42 Å². The number of aliphatic hydroxyl groups excluding tert-OH is 1. The van der Waals surface area contributed by atoms with Crippen LogP contribution < -0.4 is 15.0 Å². The lowest BCUT2D eigenvalue weighted by molar-refractivity contribution is -0.274. The van der Waals surface area contributed by atoms with Crippen LogP contribution in [0.5, 0.6) is 5.75 Å². The van der Waals surface area contributed by atoms with Gasteiger partial charge in [-0.1, -0.05) is 54.2 Å². The van der Waals surface area contributed by atoms with E-state index in [-0.39, 0.29) is 5.75 Å². The molecule has 12 heteroatoms. The zero-order valence-corrected chi connectivity index (χ0v) is 24.0. The van der Waals surface area contributed by atoms with Gasteiger partial charge >= 0.3 is 6.36 Å². The molecule has 0 amide bonds. The van der Waals surface area contributed by atoms with Gasteiger partial charge in [-0.3, -0.25) is 5.32 Å². The highest BCUT2D eigenvalue weighted by atomic mass is 32.2. The lowest BCUT2D eigenvalue weighted by Crippen LogP contribution is -2.32. The van der Waals surface area contributed by atoms with Crippen LogP contribution in [0.15, 0.2) is 78.0 Å². The predicted molar refractivity (Wildman–Crippen MR) is 159 cm³/mol. The van der Waals surface area contributed by atoms with E-state index in [4.69, 9.17) is 0 Å². The van der Waals surface area contributed by atoms with Gasteiger partial charge in [0.2, 0.25) is 6.35 Å². The molecule has 2 heterocycles. The number of benzene rings is 3. The molecule has 0 aliphatic carbocycles. The standard InChI is InChI=1S/C30H31F3N6O2S/c1-20-5-3-6-21(2)26(20)38-17-18-42-29(38)36-28(40)34-16-4-7-22-8-10-23(11-9-22)27-35-19-39(37-27)24-12-14-25(15-13-24)41-30(31,32)33/h3,5-6,8-15,19,28,34,40H,4,7,16-18H2,1-2H3. The molecule has 1 atom stereocenters. The zero-order valence-electron chi connectivity index (χ0n) is 23.2. The Kier molecular flexibility index (Phi) is 9.15. The van der Waals surface area contributed by atoms with E-state index in [9.17, 15) is 18.3 Å². The fourth-order valence-electron chi connectivity index (χ4n) is 4.76. The smallest absolute Gasteiger partial charge is 0.406 e. The van der Waals surface area contributed by atoms with Gasteiger partial charge in [0, 0.05) is 23.5 Å². The molecule has 1 aromatic heterocycles. The van der Waals surface area contributed by atoms with Crippen LogP contribution in [0.4, 0.5) is 18.9 Å². The van der Waals surface area contributed by atoms with Crippen molar-refractivity contribution in [1.29, 1.82) is 0 Å². The van der Waals surface area contributed by atoms with E-state index in [1.165, 1.54) is 46.4 Å². The average Bonchev–Trinajstić information content (AvgIpc) is 3.62. The van der Waals surface area contributed by atoms with Crippen LogP contribution in [0.1, 0.15) is 23.1 Å². The first kappa shape index (κ1) is 29.6. The van der Waals surface area contributed by atoms with E-state index < -0.39 is 12.7 Å².